The number of hydrogen-bond donors (Lipinski definition) is 1. The fourth-order valence-electron chi connectivity index (χ4n) is 4.34. The van der Waals surface area contributed by atoms with Crippen molar-refractivity contribution in [1.29, 1.82) is 0 Å². The molecule has 8 nitrogen and oxygen atoms in total. The molecule has 2 fully saturated rings. The highest BCUT2D eigenvalue weighted by Crippen LogP contribution is 2.23. The van der Waals surface area contributed by atoms with Gasteiger partial charge < -0.3 is 14.6 Å². The van der Waals surface area contributed by atoms with Gasteiger partial charge in [0.2, 0.25) is 11.8 Å². The predicted molar refractivity (Wildman–Crippen MR) is 110 cm³/mol. The molecule has 29 heavy (non-hydrogen) atoms. The van der Waals surface area contributed by atoms with Crippen LogP contribution in [0.5, 0.6) is 0 Å². The minimum absolute atomic E-state index is 0.150. The summed E-state index contributed by atoms with van der Waals surface area (Å²) in [5.74, 6) is 2.00. The lowest BCUT2D eigenvalue weighted by Crippen LogP contribution is -2.46. The average molecular weight is 408 g/mol. The van der Waals surface area contributed by atoms with Crippen LogP contribution in [0.25, 0.3) is 0 Å². The smallest absolute Gasteiger partial charge is 0.240 e. The molecule has 1 aliphatic carbocycles. The van der Waals surface area contributed by atoms with E-state index in [1.165, 1.54) is 19.3 Å². The summed E-state index contributed by atoms with van der Waals surface area (Å²) in [6, 6.07) is 0.352. The van der Waals surface area contributed by atoms with Gasteiger partial charge >= 0.3 is 0 Å². The van der Waals surface area contributed by atoms with Crippen molar-refractivity contribution in [2.24, 2.45) is 5.92 Å². The second kappa shape index (κ2) is 11.0. The van der Waals surface area contributed by atoms with Crippen LogP contribution < -0.4 is 5.32 Å². The summed E-state index contributed by atoms with van der Waals surface area (Å²) in [5.41, 5.74) is 0. The third kappa shape index (κ3) is 6.76. The van der Waals surface area contributed by atoms with E-state index in [4.69, 9.17) is 9.26 Å². The largest absolute Gasteiger partial charge is 0.371 e. The van der Waals surface area contributed by atoms with Gasteiger partial charge in [0.15, 0.2) is 5.82 Å². The second-order valence-corrected chi connectivity index (χ2v) is 8.49. The number of carbonyl (C=O) groups excluding carboxylic acids is 1. The van der Waals surface area contributed by atoms with E-state index in [0.29, 0.717) is 43.4 Å². The van der Waals surface area contributed by atoms with Gasteiger partial charge in [-0.05, 0) is 52.1 Å². The number of hydrogen-bond acceptors (Lipinski definition) is 7. The lowest BCUT2D eigenvalue weighted by molar-refractivity contribution is -0.123. The fraction of sp³-hybridized carbons (Fsp3) is 0.857. The SMILES string of the molecule is CCO[C@H](C)c1noc(CN2CCCN(CC(=O)N[C@@H]3CCCC[C@@H]3C)CC2)n1. The van der Waals surface area contributed by atoms with Gasteiger partial charge in [-0.2, -0.15) is 4.98 Å². The van der Waals surface area contributed by atoms with Crippen LogP contribution in [0.4, 0.5) is 0 Å². The summed E-state index contributed by atoms with van der Waals surface area (Å²) in [7, 11) is 0. The summed E-state index contributed by atoms with van der Waals surface area (Å²) < 4.78 is 10.9. The molecule has 8 heteroatoms. The molecule has 1 aromatic rings. The van der Waals surface area contributed by atoms with Crippen molar-refractivity contribution < 1.29 is 14.1 Å². The molecule has 1 saturated carbocycles. The van der Waals surface area contributed by atoms with Crippen molar-refractivity contribution in [3.05, 3.63) is 11.7 Å². The third-order valence-electron chi connectivity index (χ3n) is 6.13. The van der Waals surface area contributed by atoms with Crippen LogP contribution in [-0.4, -0.2) is 71.2 Å². The molecule has 1 amide bonds. The molecule has 3 rings (SSSR count). The summed E-state index contributed by atoms with van der Waals surface area (Å²) in [5, 5.41) is 7.31. The van der Waals surface area contributed by atoms with E-state index in [0.717, 1.165) is 39.0 Å². The van der Waals surface area contributed by atoms with Gasteiger partial charge in [-0.3, -0.25) is 14.6 Å². The van der Waals surface area contributed by atoms with Crippen molar-refractivity contribution in [2.45, 2.75) is 71.6 Å². The van der Waals surface area contributed by atoms with Crippen LogP contribution in [-0.2, 0) is 16.1 Å². The molecule has 3 atom stereocenters. The van der Waals surface area contributed by atoms with E-state index in [9.17, 15) is 4.79 Å². The van der Waals surface area contributed by atoms with Crippen LogP contribution in [0, 0.1) is 5.92 Å². The number of amides is 1. The Morgan fingerprint density at radius 1 is 1.21 bits per heavy atom. The number of nitrogens with one attached hydrogen (secondary N) is 1. The average Bonchev–Trinajstić information content (AvgIpc) is 3.05. The highest BCUT2D eigenvalue weighted by molar-refractivity contribution is 5.78. The summed E-state index contributed by atoms with van der Waals surface area (Å²) in [6.07, 6.45) is 5.75. The van der Waals surface area contributed by atoms with E-state index in [-0.39, 0.29) is 12.0 Å². The molecule has 0 aromatic carbocycles. The molecule has 1 aliphatic heterocycles. The second-order valence-electron chi connectivity index (χ2n) is 8.49. The lowest BCUT2D eigenvalue weighted by Gasteiger charge is -2.30. The molecule has 1 aromatic heterocycles. The van der Waals surface area contributed by atoms with E-state index >= 15 is 0 Å². The highest BCUT2D eigenvalue weighted by atomic mass is 16.5. The number of carbonyl (C=O) groups is 1. The molecule has 2 heterocycles. The van der Waals surface area contributed by atoms with Gasteiger partial charge in [0, 0.05) is 25.7 Å². The zero-order chi connectivity index (χ0) is 20.6. The Morgan fingerprint density at radius 3 is 2.76 bits per heavy atom. The van der Waals surface area contributed by atoms with Gasteiger partial charge in [-0.1, -0.05) is 24.9 Å². The Hall–Kier alpha value is -1.51. The van der Waals surface area contributed by atoms with Crippen LogP contribution in [0.1, 0.15) is 70.7 Å². The Balaban J connectivity index is 1.42. The molecule has 0 radical (unpaired) electrons. The molecule has 164 valence electrons. The van der Waals surface area contributed by atoms with Crippen molar-refractivity contribution in [3.8, 4) is 0 Å². The Morgan fingerprint density at radius 2 is 1.97 bits per heavy atom. The van der Waals surface area contributed by atoms with Gasteiger partial charge in [-0.15, -0.1) is 0 Å². The standard InChI is InChI=1S/C21H37N5O3/c1-4-28-17(3)21-23-20(29-24-21)15-26-11-7-10-25(12-13-26)14-19(27)22-18-9-6-5-8-16(18)2/h16-18H,4-15H2,1-3H3,(H,22,27)/t16-,17+,18+/m0/s1. The van der Waals surface area contributed by atoms with E-state index in [1.807, 2.05) is 13.8 Å². The highest BCUT2D eigenvalue weighted by Gasteiger charge is 2.24. The molecule has 1 N–H and O–H groups in total. The van der Waals surface area contributed by atoms with Gasteiger partial charge in [0.05, 0.1) is 13.1 Å². The molecule has 2 aliphatic rings. The molecular formula is C21H37N5O3. The fourth-order valence-corrected chi connectivity index (χ4v) is 4.34. The van der Waals surface area contributed by atoms with Crippen molar-refractivity contribution >= 4 is 5.91 Å². The number of nitrogens with zero attached hydrogens (tertiary/aromatic N) is 4. The van der Waals surface area contributed by atoms with Crippen molar-refractivity contribution in [3.63, 3.8) is 0 Å². The first kappa shape index (κ1) is 22.2. The van der Waals surface area contributed by atoms with E-state index in [1.54, 1.807) is 0 Å². The maximum absolute atomic E-state index is 12.5. The molecule has 0 unspecified atom stereocenters. The monoisotopic (exact) mass is 407 g/mol. The Kier molecular flexibility index (Phi) is 8.44. The van der Waals surface area contributed by atoms with Crippen LogP contribution >= 0.6 is 0 Å². The number of rotatable bonds is 8. The maximum Gasteiger partial charge on any atom is 0.240 e. The molecule has 0 spiro atoms. The van der Waals surface area contributed by atoms with Crippen molar-refractivity contribution in [2.75, 3.05) is 39.3 Å². The normalized spacial score (nSPS) is 25.5. The Labute approximate surface area is 174 Å². The molecular weight excluding hydrogens is 370 g/mol. The number of aromatic nitrogens is 2. The topological polar surface area (TPSA) is 83.7 Å². The van der Waals surface area contributed by atoms with E-state index < -0.39 is 0 Å². The predicted octanol–water partition coefficient (Wildman–Crippen LogP) is 2.37. The zero-order valence-electron chi connectivity index (χ0n) is 18.2. The minimum Gasteiger partial charge on any atom is -0.371 e. The Bertz CT molecular complexity index is 638. The van der Waals surface area contributed by atoms with Gasteiger partial charge in [0.25, 0.3) is 0 Å². The summed E-state index contributed by atoms with van der Waals surface area (Å²) in [6.45, 7) is 11.6. The van der Waals surface area contributed by atoms with Crippen LogP contribution in [0.15, 0.2) is 4.52 Å². The molecule has 1 saturated heterocycles. The first-order valence-electron chi connectivity index (χ1n) is 11.2. The minimum atomic E-state index is -0.150. The van der Waals surface area contributed by atoms with Crippen molar-refractivity contribution in [1.82, 2.24) is 25.3 Å². The van der Waals surface area contributed by atoms with Crippen LogP contribution in [0.2, 0.25) is 0 Å². The van der Waals surface area contributed by atoms with Gasteiger partial charge in [0.1, 0.15) is 6.10 Å². The van der Waals surface area contributed by atoms with Crippen LogP contribution in [0.3, 0.4) is 0 Å². The first-order chi connectivity index (χ1) is 14.0. The summed E-state index contributed by atoms with van der Waals surface area (Å²) in [4.78, 5) is 21.6. The third-order valence-corrected chi connectivity index (χ3v) is 6.13. The summed E-state index contributed by atoms with van der Waals surface area (Å²) >= 11 is 0. The van der Waals surface area contributed by atoms with E-state index in [2.05, 4.69) is 32.2 Å². The van der Waals surface area contributed by atoms with Gasteiger partial charge in [-0.25, -0.2) is 0 Å². The number of ether oxygens (including phenoxy) is 1. The first-order valence-corrected chi connectivity index (χ1v) is 11.2. The maximum atomic E-state index is 12.5. The zero-order valence-corrected chi connectivity index (χ0v) is 18.2. The molecule has 0 bridgehead atoms. The quantitative estimate of drug-likeness (QED) is 0.708. The lowest BCUT2D eigenvalue weighted by atomic mass is 9.86.